The largest absolute Gasteiger partial charge is 0.372 e. The van der Waals surface area contributed by atoms with Crippen molar-refractivity contribution in [3.63, 3.8) is 0 Å². The number of likely N-dealkylation sites (tertiary alicyclic amines) is 1. The molecule has 2 unspecified atom stereocenters. The number of fused-ring (bicyclic) bond motifs is 3. The van der Waals surface area contributed by atoms with E-state index in [4.69, 9.17) is 4.74 Å². The number of carbonyl (C=O) groups excluding carboxylic acids is 1. The number of nitrogens with zero attached hydrogens (tertiary/aromatic N) is 1. The van der Waals surface area contributed by atoms with Gasteiger partial charge in [-0.05, 0) is 29.9 Å². The van der Waals surface area contributed by atoms with E-state index in [0.29, 0.717) is 25.3 Å². The zero-order valence-corrected chi connectivity index (χ0v) is 12.8. The summed E-state index contributed by atoms with van der Waals surface area (Å²) < 4.78 is 17.5. The number of ether oxygens (including phenoxy) is 1. The highest BCUT2D eigenvalue weighted by molar-refractivity contribution is 7.86. The lowest BCUT2D eigenvalue weighted by atomic mass is 10.0. The molecule has 2 saturated heterocycles. The van der Waals surface area contributed by atoms with Crippen LogP contribution in [-0.4, -0.2) is 45.2 Å². The predicted octanol–water partition coefficient (Wildman–Crippen LogP) is 1.48. The monoisotopic (exact) mass is 311 g/mol. The molecule has 0 radical (unpaired) electrons. The number of amides is 1. The minimum absolute atomic E-state index is 0.0733. The molecule has 4 rings (SSSR count). The van der Waals surface area contributed by atoms with Gasteiger partial charge in [0.15, 0.2) is 0 Å². The van der Waals surface area contributed by atoms with Crippen LogP contribution in [0.1, 0.15) is 29.4 Å². The maximum atomic E-state index is 12.5. The molecular formula is C14H17NO3S2. The van der Waals surface area contributed by atoms with E-state index in [9.17, 15) is 9.00 Å². The third-order valence-electron chi connectivity index (χ3n) is 4.55. The first-order valence-electron chi connectivity index (χ1n) is 7.07. The molecule has 0 saturated carbocycles. The number of thiophene rings is 1. The highest BCUT2D eigenvalue weighted by Crippen LogP contribution is 2.36. The lowest BCUT2D eigenvalue weighted by Crippen LogP contribution is -2.43. The molecule has 0 spiro atoms. The summed E-state index contributed by atoms with van der Waals surface area (Å²) in [5, 5.41) is 2.30. The minimum atomic E-state index is -0.708. The topological polar surface area (TPSA) is 46.6 Å². The molecule has 1 aromatic rings. The van der Waals surface area contributed by atoms with Crippen molar-refractivity contribution in [2.24, 2.45) is 0 Å². The molecule has 2 bridgehead atoms. The van der Waals surface area contributed by atoms with Gasteiger partial charge < -0.3 is 9.64 Å². The van der Waals surface area contributed by atoms with Crippen molar-refractivity contribution in [2.45, 2.75) is 36.7 Å². The summed E-state index contributed by atoms with van der Waals surface area (Å²) in [5.74, 6) is 0.840. The Balaban J connectivity index is 1.46. The van der Waals surface area contributed by atoms with Crippen LogP contribution in [0.25, 0.3) is 0 Å². The Morgan fingerprint density at radius 3 is 3.20 bits per heavy atom. The predicted molar refractivity (Wildman–Crippen MR) is 78.2 cm³/mol. The van der Waals surface area contributed by atoms with E-state index >= 15 is 0 Å². The average molecular weight is 311 g/mol. The Kier molecular flexibility index (Phi) is 3.20. The van der Waals surface area contributed by atoms with Gasteiger partial charge in [0.25, 0.3) is 0 Å². The van der Waals surface area contributed by atoms with Crippen LogP contribution in [0.4, 0.5) is 0 Å². The molecule has 20 heavy (non-hydrogen) atoms. The van der Waals surface area contributed by atoms with Crippen LogP contribution in [-0.2, 0) is 26.8 Å². The first kappa shape index (κ1) is 13.0. The summed E-state index contributed by atoms with van der Waals surface area (Å²) in [6.07, 6.45) is 2.24. The molecule has 0 aromatic carbocycles. The normalized spacial score (nSPS) is 35.3. The fraction of sp³-hybridized carbons (Fsp3) is 0.643. The van der Waals surface area contributed by atoms with Gasteiger partial charge in [-0.2, -0.15) is 0 Å². The van der Waals surface area contributed by atoms with Gasteiger partial charge in [0.1, 0.15) is 6.10 Å². The van der Waals surface area contributed by atoms with Gasteiger partial charge in [-0.25, -0.2) is 0 Å². The van der Waals surface area contributed by atoms with E-state index in [0.717, 1.165) is 12.8 Å². The van der Waals surface area contributed by atoms with E-state index in [-0.39, 0.29) is 23.3 Å². The van der Waals surface area contributed by atoms with Crippen LogP contribution in [0.2, 0.25) is 0 Å². The van der Waals surface area contributed by atoms with Crippen LogP contribution < -0.4 is 0 Å². The quantitative estimate of drug-likeness (QED) is 0.831. The van der Waals surface area contributed by atoms with Gasteiger partial charge in [0.05, 0.1) is 18.3 Å². The van der Waals surface area contributed by atoms with Gasteiger partial charge >= 0.3 is 0 Å². The second-order valence-corrected chi connectivity index (χ2v) is 8.44. The van der Waals surface area contributed by atoms with E-state index in [1.54, 1.807) is 11.3 Å². The summed E-state index contributed by atoms with van der Waals surface area (Å²) in [7, 11) is -0.708. The Hall–Kier alpha value is -0.720. The summed E-state index contributed by atoms with van der Waals surface area (Å²) in [6, 6.07) is 2.35. The molecule has 4 heterocycles. The maximum absolute atomic E-state index is 12.5. The van der Waals surface area contributed by atoms with E-state index in [2.05, 4.69) is 11.4 Å². The number of hydrogen-bond donors (Lipinski definition) is 0. The van der Waals surface area contributed by atoms with Crippen molar-refractivity contribution < 1.29 is 13.7 Å². The van der Waals surface area contributed by atoms with Crippen molar-refractivity contribution in [1.82, 2.24) is 4.90 Å². The second kappa shape index (κ2) is 4.93. The summed E-state index contributed by atoms with van der Waals surface area (Å²) in [6.45, 7) is 1.39. The smallest absolute Gasteiger partial charge is 0.225 e. The van der Waals surface area contributed by atoms with Gasteiger partial charge in [-0.15, -0.1) is 11.3 Å². The van der Waals surface area contributed by atoms with E-state index in [1.807, 2.05) is 4.90 Å². The molecule has 0 aliphatic carbocycles. The van der Waals surface area contributed by atoms with Crippen LogP contribution in [0, 0.1) is 0 Å². The van der Waals surface area contributed by atoms with Crippen molar-refractivity contribution in [3.05, 3.63) is 21.9 Å². The Bertz CT molecular complexity index is 571. The molecule has 3 aliphatic rings. The Morgan fingerprint density at radius 1 is 1.55 bits per heavy atom. The number of hydrogen-bond acceptors (Lipinski definition) is 4. The number of carbonyl (C=O) groups is 1. The molecule has 0 N–H and O–H groups in total. The molecule has 1 aromatic heterocycles. The van der Waals surface area contributed by atoms with E-state index in [1.165, 1.54) is 10.4 Å². The third-order valence-corrected chi connectivity index (χ3v) is 7.40. The van der Waals surface area contributed by atoms with Crippen LogP contribution in [0.15, 0.2) is 11.4 Å². The Labute approximate surface area is 124 Å². The highest BCUT2D eigenvalue weighted by Gasteiger charge is 2.45. The van der Waals surface area contributed by atoms with Crippen molar-refractivity contribution >= 4 is 28.0 Å². The van der Waals surface area contributed by atoms with Gasteiger partial charge in [0, 0.05) is 34.0 Å². The summed E-state index contributed by atoms with van der Waals surface area (Å²) in [4.78, 5) is 15.7. The first-order valence-corrected chi connectivity index (χ1v) is 9.33. The lowest BCUT2D eigenvalue weighted by molar-refractivity contribution is -0.135. The molecule has 4 atom stereocenters. The number of rotatable bonds is 2. The molecule has 4 nitrogen and oxygen atoms in total. The summed E-state index contributed by atoms with van der Waals surface area (Å²) in [5.41, 5.74) is 1.34. The van der Waals surface area contributed by atoms with Crippen LogP contribution in [0.5, 0.6) is 0 Å². The van der Waals surface area contributed by atoms with E-state index < -0.39 is 10.8 Å². The fourth-order valence-corrected chi connectivity index (χ4v) is 6.24. The fourth-order valence-electron chi connectivity index (χ4n) is 3.50. The lowest BCUT2D eigenvalue weighted by Gasteiger charge is -2.29. The third kappa shape index (κ3) is 2.05. The minimum Gasteiger partial charge on any atom is -0.372 e. The zero-order valence-electron chi connectivity index (χ0n) is 11.1. The van der Waals surface area contributed by atoms with Gasteiger partial charge in [-0.1, -0.05) is 0 Å². The van der Waals surface area contributed by atoms with Gasteiger partial charge in [-0.3, -0.25) is 9.00 Å². The van der Waals surface area contributed by atoms with Crippen molar-refractivity contribution in [2.75, 3.05) is 18.9 Å². The molecule has 3 aliphatic heterocycles. The molecular weight excluding hydrogens is 294 g/mol. The average Bonchev–Trinajstić information content (AvgIpc) is 3.12. The molecule has 2 fully saturated rings. The summed E-state index contributed by atoms with van der Waals surface area (Å²) >= 11 is 1.69. The van der Waals surface area contributed by atoms with Gasteiger partial charge in [0.2, 0.25) is 5.91 Å². The SMILES string of the molecule is O=C(CC1OCCc2ccsc21)N1C[C@@H]2C[C@H]1CS2=O. The Morgan fingerprint density at radius 2 is 2.45 bits per heavy atom. The molecule has 1 amide bonds. The highest BCUT2D eigenvalue weighted by atomic mass is 32.2. The molecule has 108 valence electrons. The van der Waals surface area contributed by atoms with Crippen molar-refractivity contribution in [3.8, 4) is 0 Å². The second-order valence-electron chi connectivity index (χ2n) is 5.73. The first-order chi connectivity index (χ1) is 9.72. The standard InChI is InChI=1S/C14H17NO3S2/c16-13(15-7-11-5-10(15)8-20(11)17)6-12-14-9(1-3-18-12)2-4-19-14/h2,4,10-12H,1,3,5-8H2/t10-,11-,12?,20?/m0/s1. The van der Waals surface area contributed by atoms with Crippen LogP contribution in [0.3, 0.4) is 0 Å². The molecule has 6 heteroatoms. The van der Waals surface area contributed by atoms with Crippen LogP contribution >= 0.6 is 11.3 Å². The van der Waals surface area contributed by atoms with Crippen molar-refractivity contribution in [1.29, 1.82) is 0 Å². The zero-order chi connectivity index (χ0) is 13.7. The maximum Gasteiger partial charge on any atom is 0.225 e.